The topological polar surface area (TPSA) is 116 Å². The van der Waals surface area contributed by atoms with Crippen molar-refractivity contribution in [2.24, 2.45) is 11.7 Å². The molecule has 0 unspecified atom stereocenters. The van der Waals surface area contributed by atoms with Gasteiger partial charge in [0, 0.05) is 12.5 Å². The molecule has 0 heterocycles. The number of carboxylic acid groups (broad SMARTS) is 1. The first-order valence-electron chi connectivity index (χ1n) is 6.26. The van der Waals surface area contributed by atoms with Gasteiger partial charge in [-0.3, -0.25) is 14.9 Å². The first-order chi connectivity index (χ1) is 9.43. The summed E-state index contributed by atoms with van der Waals surface area (Å²) in [6.45, 7) is 1.97. The number of nitro groups is 1. The number of hydrogen-bond acceptors (Lipinski definition) is 5. The van der Waals surface area contributed by atoms with E-state index in [-0.39, 0.29) is 36.4 Å². The van der Waals surface area contributed by atoms with E-state index in [1.54, 1.807) is 19.1 Å². The molecule has 1 aromatic carbocycles. The highest BCUT2D eigenvalue weighted by Crippen LogP contribution is 2.28. The summed E-state index contributed by atoms with van der Waals surface area (Å²) in [5.41, 5.74) is 5.40. The average molecular weight is 282 g/mol. The van der Waals surface area contributed by atoms with E-state index in [9.17, 15) is 14.9 Å². The average Bonchev–Trinajstić information content (AvgIpc) is 2.37. The van der Waals surface area contributed by atoms with E-state index in [0.717, 1.165) is 0 Å². The standard InChI is InChI=1S/C13H18N2O5/c1-9(6-10(8-14)7-13(16)17)20-12-5-3-2-4-11(12)15(18)19/h2-5,9-10H,6-8,14H2,1H3,(H,16,17)/t9-,10-/m0/s1. The van der Waals surface area contributed by atoms with Gasteiger partial charge in [-0.25, -0.2) is 0 Å². The van der Waals surface area contributed by atoms with Crippen LogP contribution in [-0.4, -0.2) is 28.6 Å². The molecule has 0 saturated carbocycles. The third-order valence-corrected chi connectivity index (χ3v) is 2.85. The second-order valence-corrected chi connectivity index (χ2v) is 4.59. The number of nitrogens with zero attached hydrogens (tertiary/aromatic N) is 1. The first kappa shape index (κ1) is 15.9. The number of nitro benzene ring substituents is 1. The minimum Gasteiger partial charge on any atom is -0.484 e. The maximum absolute atomic E-state index is 10.9. The smallest absolute Gasteiger partial charge is 0.310 e. The van der Waals surface area contributed by atoms with Gasteiger partial charge in [-0.1, -0.05) is 12.1 Å². The number of nitrogens with two attached hydrogens (primary N) is 1. The molecule has 7 nitrogen and oxygen atoms in total. The summed E-state index contributed by atoms with van der Waals surface area (Å²) in [6.07, 6.45) is 0.0274. The number of carbonyl (C=O) groups is 1. The zero-order valence-corrected chi connectivity index (χ0v) is 11.2. The minimum atomic E-state index is -0.918. The molecule has 1 aromatic rings. The summed E-state index contributed by atoms with van der Waals surface area (Å²) in [5, 5.41) is 19.6. The molecular formula is C13H18N2O5. The first-order valence-corrected chi connectivity index (χ1v) is 6.26. The predicted octanol–water partition coefficient (Wildman–Crippen LogP) is 1.80. The monoisotopic (exact) mass is 282 g/mol. The van der Waals surface area contributed by atoms with Crippen LogP contribution in [0.5, 0.6) is 5.75 Å². The van der Waals surface area contributed by atoms with Gasteiger partial charge in [-0.15, -0.1) is 0 Å². The van der Waals surface area contributed by atoms with Crippen LogP contribution >= 0.6 is 0 Å². The summed E-state index contributed by atoms with van der Waals surface area (Å²) in [4.78, 5) is 21.0. The van der Waals surface area contributed by atoms with Gasteiger partial charge < -0.3 is 15.6 Å². The van der Waals surface area contributed by atoms with Crippen LogP contribution in [0.15, 0.2) is 24.3 Å². The molecule has 0 saturated heterocycles. The Morgan fingerprint density at radius 2 is 2.15 bits per heavy atom. The van der Waals surface area contributed by atoms with Crippen molar-refractivity contribution in [1.29, 1.82) is 0 Å². The Morgan fingerprint density at radius 1 is 1.50 bits per heavy atom. The maximum atomic E-state index is 10.9. The number of ether oxygens (including phenoxy) is 1. The van der Waals surface area contributed by atoms with Crippen molar-refractivity contribution in [2.75, 3.05) is 6.54 Å². The molecule has 1 rings (SSSR count). The van der Waals surface area contributed by atoms with Crippen molar-refractivity contribution in [3.05, 3.63) is 34.4 Å². The molecule has 2 atom stereocenters. The van der Waals surface area contributed by atoms with Crippen LogP contribution < -0.4 is 10.5 Å². The largest absolute Gasteiger partial charge is 0.484 e. The fraction of sp³-hybridized carbons (Fsp3) is 0.462. The molecule has 0 radical (unpaired) electrons. The number of rotatable bonds is 8. The van der Waals surface area contributed by atoms with Crippen molar-refractivity contribution in [3.63, 3.8) is 0 Å². The quantitative estimate of drug-likeness (QED) is 0.554. The second kappa shape index (κ2) is 7.44. The lowest BCUT2D eigenvalue weighted by atomic mass is 9.99. The predicted molar refractivity (Wildman–Crippen MR) is 72.6 cm³/mol. The number of carboxylic acids is 1. The van der Waals surface area contributed by atoms with Crippen molar-refractivity contribution < 1.29 is 19.6 Å². The molecule has 0 aromatic heterocycles. The van der Waals surface area contributed by atoms with Gasteiger partial charge >= 0.3 is 11.7 Å². The van der Waals surface area contributed by atoms with Gasteiger partial charge in [0.2, 0.25) is 0 Å². The Morgan fingerprint density at radius 3 is 2.70 bits per heavy atom. The van der Waals surface area contributed by atoms with Gasteiger partial charge in [0.1, 0.15) is 0 Å². The fourth-order valence-corrected chi connectivity index (χ4v) is 1.95. The summed E-state index contributed by atoms with van der Waals surface area (Å²) in [6, 6.07) is 6.08. The molecule has 0 bridgehead atoms. The number of benzene rings is 1. The summed E-state index contributed by atoms with van der Waals surface area (Å²) in [7, 11) is 0. The van der Waals surface area contributed by atoms with Crippen LogP contribution in [0.4, 0.5) is 5.69 Å². The van der Waals surface area contributed by atoms with Gasteiger partial charge in [0.15, 0.2) is 5.75 Å². The van der Waals surface area contributed by atoms with E-state index in [0.29, 0.717) is 6.42 Å². The lowest BCUT2D eigenvalue weighted by Gasteiger charge is -2.19. The molecular weight excluding hydrogens is 264 g/mol. The summed E-state index contributed by atoms with van der Waals surface area (Å²) < 4.78 is 5.53. The van der Waals surface area contributed by atoms with E-state index in [1.807, 2.05) is 0 Å². The molecule has 0 aliphatic heterocycles. The highest BCUT2D eigenvalue weighted by Gasteiger charge is 2.20. The van der Waals surface area contributed by atoms with Crippen LogP contribution in [-0.2, 0) is 4.79 Å². The molecule has 0 aliphatic rings. The van der Waals surface area contributed by atoms with E-state index < -0.39 is 10.9 Å². The fourth-order valence-electron chi connectivity index (χ4n) is 1.95. The highest BCUT2D eigenvalue weighted by molar-refractivity contribution is 5.67. The zero-order valence-electron chi connectivity index (χ0n) is 11.2. The molecule has 0 spiro atoms. The van der Waals surface area contributed by atoms with Gasteiger partial charge in [-0.05, 0) is 31.9 Å². The van der Waals surface area contributed by atoms with E-state index in [1.165, 1.54) is 12.1 Å². The summed E-state index contributed by atoms with van der Waals surface area (Å²) in [5.74, 6) is -0.959. The van der Waals surface area contributed by atoms with Crippen LogP contribution in [0, 0.1) is 16.0 Å². The van der Waals surface area contributed by atoms with Crippen LogP contribution in [0.3, 0.4) is 0 Å². The van der Waals surface area contributed by atoms with E-state index >= 15 is 0 Å². The van der Waals surface area contributed by atoms with Crippen molar-refractivity contribution in [2.45, 2.75) is 25.9 Å². The van der Waals surface area contributed by atoms with Gasteiger partial charge in [0.25, 0.3) is 0 Å². The second-order valence-electron chi connectivity index (χ2n) is 4.59. The SMILES string of the molecule is C[C@@H](C[C@H](CN)CC(=O)O)Oc1ccccc1[N+](=O)[O-]. The van der Waals surface area contributed by atoms with Crippen LogP contribution in [0.1, 0.15) is 19.8 Å². The molecule has 0 amide bonds. The number of hydrogen-bond donors (Lipinski definition) is 2. The lowest BCUT2D eigenvalue weighted by Crippen LogP contribution is -2.25. The molecule has 3 N–H and O–H groups in total. The molecule has 110 valence electrons. The highest BCUT2D eigenvalue weighted by atomic mass is 16.6. The number of para-hydroxylation sites is 2. The third-order valence-electron chi connectivity index (χ3n) is 2.85. The Balaban J connectivity index is 2.68. The lowest BCUT2D eigenvalue weighted by molar-refractivity contribution is -0.386. The Hall–Kier alpha value is -2.15. The molecule has 0 fully saturated rings. The van der Waals surface area contributed by atoms with E-state index in [2.05, 4.69) is 0 Å². The minimum absolute atomic E-state index is 0.0406. The maximum Gasteiger partial charge on any atom is 0.310 e. The van der Waals surface area contributed by atoms with Crippen molar-refractivity contribution in [3.8, 4) is 5.75 Å². The zero-order chi connectivity index (χ0) is 15.1. The molecule has 7 heteroatoms. The van der Waals surface area contributed by atoms with E-state index in [4.69, 9.17) is 15.6 Å². The van der Waals surface area contributed by atoms with Crippen molar-refractivity contribution >= 4 is 11.7 Å². The Kier molecular flexibility index (Phi) is 5.92. The van der Waals surface area contributed by atoms with Gasteiger partial charge in [-0.2, -0.15) is 0 Å². The third kappa shape index (κ3) is 4.85. The van der Waals surface area contributed by atoms with Crippen LogP contribution in [0.25, 0.3) is 0 Å². The molecule has 0 aliphatic carbocycles. The molecule has 20 heavy (non-hydrogen) atoms. The number of aliphatic carboxylic acids is 1. The summed E-state index contributed by atoms with van der Waals surface area (Å²) >= 11 is 0. The van der Waals surface area contributed by atoms with Gasteiger partial charge in [0.05, 0.1) is 11.0 Å². The Labute approximate surface area is 116 Å². The van der Waals surface area contributed by atoms with Crippen molar-refractivity contribution in [1.82, 2.24) is 0 Å². The van der Waals surface area contributed by atoms with Crippen LogP contribution in [0.2, 0.25) is 0 Å². The normalized spacial score (nSPS) is 13.5. The Bertz CT molecular complexity index is 478.